The van der Waals surface area contributed by atoms with Crippen LogP contribution in [0, 0.1) is 5.92 Å². The zero-order valence-corrected chi connectivity index (χ0v) is 20.1. The molecule has 5 rings (SSSR count). The van der Waals surface area contributed by atoms with Gasteiger partial charge in [-0.15, -0.1) is 10.2 Å². The maximum absolute atomic E-state index is 12.1. The van der Waals surface area contributed by atoms with Gasteiger partial charge < -0.3 is 14.2 Å². The molecule has 172 valence electrons. The first-order valence-electron chi connectivity index (χ1n) is 11.4. The molecular formula is C25H29N5O2S. The number of rotatable bonds is 9. The summed E-state index contributed by atoms with van der Waals surface area (Å²) in [4.78, 5) is 18.8. The molecule has 8 heteroatoms. The average Bonchev–Trinajstić information content (AvgIpc) is 3.21. The number of carbonyl (C=O) groups is 1. The van der Waals surface area contributed by atoms with Gasteiger partial charge in [-0.05, 0) is 62.1 Å². The van der Waals surface area contributed by atoms with Gasteiger partial charge in [0.15, 0.2) is 16.8 Å². The third-order valence-electron chi connectivity index (χ3n) is 6.97. The maximum atomic E-state index is 12.1. The molecule has 33 heavy (non-hydrogen) atoms. The van der Waals surface area contributed by atoms with Crippen molar-refractivity contribution in [1.82, 2.24) is 24.6 Å². The first kappa shape index (κ1) is 22.1. The molecule has 0 bridgehead atoms. The standard InChI is InChI=1S/C25H29N5O2S/c1-17(31)21-12-19(7-8-22(21)32-3)25-13-20(25)15-30(16-25)10-5-11-33-24-28-27-23(29(24)2)18-6-4-9-26-14-18/h4,6-9,12,14,20H,5,10-11,13,15-16H2,1-3H3/t20-,25?/m0/s1. The molecular weight excluding hydrogens is 434 g/mol. The van der Waals surface area contributed by atoms with Gasteiger partial charge in [0.1, 0.15) is 5.75 Å². The summed E-state index contributed by atoms with van der Waals surface area (Å²) < 4.78 is 7.42. The lowest BCUT2D eigenvalue weighted by atomic mass is 9.92. The third-order valence-corrected chi connectivity index (χ3v) is 8.08. The lowest BCUT2D eigenvalue weighted by Crippen LogP contribution is -2.28. The van der Waals surface area contributed by atoms with Crippen LogP contribution in [0.4, 0.5) is 0 Å². The Balaban J connectivity index is 1.15. The van der Waals surface area contributed by atoms with Crippen LogP contribution < -0.4 is 4.74 Å². The van der Waals surface area contributed by atoms with E-state index in [1.54, 1.807) is 32.0 Å². The minimum atomic E-state index is 0.0598. The molecule has 2 atom stereocenters. The van der Waals surface area contributed by atoms with E-state index in [0.29, 0.717) is 17.2 Å². The van der Waals surface area contributed by atoms with Gasteiger partial charge in [-0.25, -0.2) is 0 Å². The number of methoxy groups -OCH3 is 1. The number of nitrogens with zero attached hydrogens (tertiary/aromatic N) is 5. The maximum Gasteiger partial charge on any atom is 0.191 e. The van der Waals surface area contributed by atoms with Crippen molar-refractivity contribution >= 4 is 17.5 Å². The first-order valence-corrected chi connectivity index (χ1v) is 12.3. The van der Waals surface area contributed by atoms with Crippen molar-refractivity contribution < 1.29 is 9.53 Å². The fourth-order valence-electron chi connectivity index (χ4n) is 5.14. The summed E-state index contributed by atoms with van der Waals surface area (Å²) >= 11 is 1.75. The summed E-state index contributed by atoms with van der Waals surface area (Å²) in [5.74, 6) is 3.27. The predicted molar refractivity (Wildman–Crippen MR) is 129 cm³/mol. The minimum Gasteiger partial charge on any atom is -0.496 e. The molecule has 1 saturated carbocycles. The fraction of sp³-hybridized carbons (Fsp3) is 0.440. The summed E-state index contributed by atoms with van der Waals surface area (Å²) in [5, 5.41) is 9.64. The van der Waals surface area contributed by atoms with E-state index in [9.17, 15) is 4.79 Å². The predicted octanol–water partition coefficient (Wildman–Crippen LogP) is 3.84. The number of pyridine rings is 1. The topological polar surface area (TPSA) is 73.1 Å². The largest absolute Gasteiger partial charge is 0.496 e. The summed E-state index contributed by atoms with van der Waals surface area (Å²) in [5.41, 5.74) is 3.18. The number of aromatic nitrogens is 4. The molecule has 0 spiro atoms. The van der Waals surface area contributed by atoms with E-state index in [-0.39, 0.29) is 11.2 Å². The van der Waals surface area contributed by atoms with Crippen molar-refractivity contribution in [2.45, 2.75) is 30.3 Å². The van der Waals surface area contributed by atoms with Crippen LogP contribution in [0.1, 0.15) is 35.7 Å². The normalized spacial score (nSPS) is 21.7. The van der Waals surface area contributed by atoms with E-state index in [1.807, 2.05) is 36.0 Å². The van der Waals surface area contributed by atoms with Gasteiger partial charge in [-0.3, -0.25) is 9.78 Å². The number of piperidine rings is 1. The summed E-state index contributed by atoms with van der Waals surface area (Å²) in [6.07, 6.45) is 5.90. The van der Waals surface area contributed by atoms with E-state index < -0.39 is 0 Å². The number of ether oxygens (including phenoxy) is 1. The SMILES string of the molecule is COc1ccc(C23C[C@H]2CN(CCCSc2nnc(-c4cccnc4)n2C)C3)cc1C(C)=O. The zero-order valence-electron chi connectivity index (χ0n) is 19.3. The Bertz CT molecular complexity index is 1160. The summed E-state index contributed by atoms with van der Waals surface area (Å²) in [7, 11) is 3.63. The molecule has 2 aromatic heterocycles. The second kappa shape index (κ2) is 8.91. The van der Waals surface area contributed by atoms with Crippen LogP contribution in [0.25, 0.3) is 11.4 Å². The highest BCUT2D eigenvalue weighted by atomic mass is 32.2. The van der Waals surface area contributed by atoms with Crippen molar-refractivity contribution in [2.75, 3.05) is 32.5 Å². The van der Waals surface area contributed by atoms with Gasteiger partial charge in [-0.2, -0.15) is 0 Å². The average molecular weight is 464 g/mol. The van der Waals surface area contributed by atoms with E-state index in [0.717, 1.165) is 48.4 Å². The van der Waals surface area contributed by atoms with Gasteiger partial charge in [0, 0.05) is 49.3 Å². The van der Waals surface area contributed by atoms with Crippen LogP contribution in [0.15, 0.2) is 47.9 Å². The monoisotopic (exact) mass is 463 g/mol. The number of fused-ring (bicyclic) bond motifs is 1. The lowest BCUT2D eigenvalue weighted by Gasteiger charge is -2.21. The van der Waals surface area contributed by atoms with Gasteiger partial charge in [0.2, 0.25) is 0 Å². The van der Waals surface area contributed by atoms with Crippen LogP contribution in [0.2, 0.25) is 0 Å². The van der Waals surface area contributed by atoms with Crippen molar-refractivity contribution in [2.24, 2.45) is 13.0 Å². The van der Waals surface area contributed by atoms with Crippen LogP contribution in [-0.2, 0) is 12.5 Å². The fourth-order valence-corrected chi connectivity index (χ4v) is 5.97. The Morgan fingerprint density at radius 3 is 2.94 bits per heavy atom. The minimum absolute atomic E-state index is 0.0598. The molecule has 1 aliphatic heterocycles. The van der Waals surface area contributed by atoms with Gasteiger partial charge in [0.05, 0.1) is 12.7 Å². The summed E-state index contributed by atoms with van der Waals surface area (Å²) in [6, 6.07) is 10.1. The van der Waals surface area contributed by atoms with E-state index in [2.05, 4.69) is 32.2 Å². The lowest BCUT2D eigenvalue weighted by molar-refractivity contribution is 0.101. The molecule has 3 aromatic rings. The second-order valence-corrected chi connectivity index (χ2v) is 10.1. The van der Waals surface area contributed by atoms with Gasteiger partial charge >= 0.3 is 0 Å². The number of hydrogen-bond donors (Lipinski definition) is 0. The van der Waals surface area contributed by atoms with Crippen molar-refractivity contribution in [3.63, 3.8) is 0 Å². The molecule has 1 aromatic carbocycles. The van der Waals surface area contributed by atoms with Crippen molar-refractivity contribution in [1.29, 1.82) is 0 Å². The smallest absolute Gasteiger partial charge is 0.191 e. The highest BCUT2D eigenvalue weighted by molar-refractivity contribution is 7.99. The van der Waals surface area contributed by atoms with Crippen molar-refractivity contribution in [3.05, 3.63) is 53.9 Å². The van der Waals surface area contributed by atoms with Gasteiger partial charge in [-0.1, -0.05) is 17.8 Å². The molecule has 0 radical (unpaired) electrons. The molecule has 0 amide bonds. The molecule has 1 unspecified atom stereocenters. The molecule has 1 saturated heterocycles. The highest BCUT2D eigenvalue weighted by Gasteiger charge is 2.60. The van der Waals surface area contributed by atoms with Crippen LogP contribution in [0.5, 0.6) is 5.75 Å². The number of hydrogen-bond acceptors (Lipinski definition) is 7. The van der Waals surface area contributed by atoms with Gasteiger partial charge in [0.25, 0.3) is 0 Å². The molecule has 3 heterocycles. The van der Waals surface area contributed by atoms with E-state index in [1.165, 1.54) is 12.0 Å². The molecule has 1 aliphatic carbocycles. The highest BCUT2D eigenvalue weighted by Crippen LogP contribution is 2.59. The number of thioether (sulfide) groups is 1. The number of Topliss-reactive ketones (excluding diaryl/α,β-unsaturated/α-hetero) is 1. The van der Waals surface area contributed by atoms with E-state index >= 15 is 0 Å². The molecule has 2 aliphatic rings. The molecule has 7 nitrogen and oxygen atoms in total. The Hall–Kier alpha value is -2.71. The zero-order chi connectivity index (χ0) is 23.0. The first-order chi connectivity index (χ1) is 16.0. The quantitative estimate of drug-likeness (QED) is 0.271. The second-order valence-electron chi connectivity index (χ2n) is 9.07. The number of carbonyl (C=O) groups excluding carboxylic acids is 1. The summed E-state index contributed by atoms with van der Waals surface area (Å²) in [6.45, 7) is 4.90. The number of benzene rings is 1. The van der Waals surface area contributed by atoms with Crippen molar-refractivity contribution in [3.8, 4) is 17.1 Å². The molecule has 2 fully saturated rings. The number of likely N-dealkylation sites (tertiary alicyclic amines) is 1. The molecule has 0 N–H and O–H groups in total. The Morgan fingerprint density at radius 2 is 2.18 bits per heavy atom. The van der Waals surface area contributed by atoms with E-state index in [4.69, 9.17) is 4.74 Å². The Labute approximate surface area is 198 Å². The van der Waals surface area contributed by atoms with Crippen LogP contribution in [-0.4, -0.2) is 62.9 Å². The Morgan fingerprint density at radius 1 is 1.30 bits per heavy atom. The number of ketones is 1. The van der Waals surface area contributed by atoms with Crippen LogP contribution >= 0.6 is 11.8 Å². The Kier molecular flexibility index (Phi) is 5.97. The van der Waals surface area contributed by atoms with Crippen LogP contribution in [0.3, 0.4) is 0 Å². The third kappa shape index (κ3) is 4.17.